The van der Waals surface area contributed by atoms with Crippen LogP contribution in [0.1, 0.15) is 16.1 Å². The van der Waals surface area contributed by atoms with Gasteiger partial charge in [0, 0.05) is 13.6 Å². The number of halogens is 2. The predicted molar refractivity (Wildman–Crippen MR) is 122 cm³/mol. The summed E-state index contributed by atoms with van der Waals surface area (Å²) in [5.41, 5.74) is 3.44. The monoisotopic (exact) mass is 578 g/mol. The molecule has 0 saturated carbocycles. The molecule has 30 heavy (non-hydrogen) atoms. The average Bonchev–Trinajstić information content (AvgIpc) is 3.29. The van der Waals surface area contributed by atoms with Gasteiger partial charge in [0.1, 0.15) is 17.1 Å². The van der Waals surface area contributed by atoms with Crippen LogP contribution in [0.15, 0.2) is 69.1 Å². The molecule has 9 heteroatoms. The van der Waals surface area contributed by atoms with Gasteiger partial charge in [-0.05, 0) is 83.3 Å². The number of nitrogens with one attached hydrogen (secondary N) is 1. The first kappa shape index (κ1) is 20.4. The maximum absolute atomic E-state index is 12.7. The van der Waals surface area contributed by atoms with E-state index in [1.54, 1.807) is 36.4 Å². The normalized spacial score (nSPS) is 15.0. The maximum Gasteiger partial charge on any atom is 0.336 e. The van der Waals surface area contributed by atoms with Crippen LogP contribution in [0, 0.1) is 3.57 Å². The zero-order chi connectivity index (χ0) is 21.4. The van der Waals surface area contributed by atoms with Crippen molar-refractivity contribution in [1.82, 2.24) is 5.43 Å². The Bertz CT molecular complexity index is 1220. The first-order valence-corrected chi connectivity index (χ1v) is 10.5. The van der Waals surface area contributed by atoms with Crippen molar-refractivity contribution in [1.29, 1.82) is 0 Å². The second-order valence-electron chi connectivity index (χ2n) is 6.31. The third kappa shape index (κ3) is 3.90. The van der Waals surface area contributed by atoms with E-state index in [1.807, 2.05) is 12.1 Å². The number of anilines is 1. The van der Waals surface area contributed by atoms with Crippen LogP contribution in [-0.2, 0) is 9.59 Å². The van der Waals surface area contributed by atoms with Crippen LogP contribution in [0.2, 0.25) is 0 Å². The number of hydrazine groups is 1. The van der Waals surface area contributed by atoms with Crippen LogP contribution < -0.4 is 10.4 Å². The molecule has 2 N–H and O–H groups in total. The molecular weight excluding hydrogens is 567 g/mol. The summed E-state index contributed by atoms with van der Waals surface area (Å²) in [5.74, 6) is -1.58. The zero-order valence-corrected chi connectivity index (χ0v) is 18.8. The Morgan fingerprint density at radius 3 is 2.53 bits per heavy atom. The average molecular weight is 579 g/mol. The van der Waals surface area contributed by atoms with Gasteiger partial charge in [-0.15, -0.1) is 0 Å². The molecule has 4 rings (SSSR count). The third-order valence-electron chi connectivity index (χ3n) is 4.37. The SMILES string of the molecule is O=C1NN(c2ccc(I)cc2)C(=O)/C1=C\c1ccc(-c2ccc(Br)cc2C(=O)O)o1. The van der Waals surface area contributed by atoms with Gasteiger partial charge in [-0.3, -0.25) is 15.0 Å². The lowest BCUT2D eigenvalue weighted by atomic mass is 10.1. The smallest absolute Gasteiger partial charge is 0.336 e. The molecule has 1 aliphatic heterocycles. The number of benzene rings is 2. The van der Waals surface area contributed by atoms with Gasteiger partial charge in [0.15, 0.2) is 0 Å². The number of aromatic carboxylic acids is 1. The predicted octanol–water partition coefficient (Wildman–Crippen LogP) is 4.47. The Labute approximate surface area is 192 Å². The number of hydrogen-bond acceptors (Lipinski definition) is 4. The summed E-state index contributed by atoms with van der Waals surface area (Å²) in [6.07, 6.45) is 1.34. The molecule has 1 aliphatic rings. The molecule has 1 saturated heterocycles. The molecule has 2 heterocycles. The van der Waals surface area contributed by atoms with Gasteiger partial charge >= 0.3 is 5.97 Å². The molecule has 2 amide bonds. The van der Waals surface area contributed by atoms with Crippen molar-refractivity contribution < 1.29 is 23.9 Å². The lowest BCUT2D eigenvalue weighted by molar-refractivity contribution is -0.117. The van der Waals surface area contributed by atoms with Crippen molar-refractivity contribution in [3.05, 3.63) is 79.5 Å². The van der Waals surface area contributed by atoms with Gasteiger partial charge < -0.3 is 9.52 Å². The second-order valence-corrected chi connectivity index (χ2v) is 8.47. The topological polar surface area (TPSA) is 99.9 Å². The van der Waals surface area contributed by atoms with Crippen LogP contribution in [0.4, 0.5) is 5.69 Å². The minimum atomic E-state index is -1.10. The van der Waals surface area contributed by atoms with E-state index in [9.17, 15) is 19.5 Å². The quantitative estimate of drug-likeness (QED) is 0.270. The fraction of sp³-hybridized carbons (Fsp3) is 0. The third-order valence-corrected chi connectivity index (χ3v) is 5.58. The Balaban J connectivity index is 1.65. The second kappa shape index (κ2) is 8.07. The highest BCUT2D eigenvalue weighted by molar-refractivity contribution is 14.1. The van der Waals surface area contributed by atoms with Gasteiger partial charge in [0.25, 0.3) is 11.8 Å². The summed E-state index contributed by atoms with van der Waals surface area (Å²) >= 11 is 5.40. The van der Waals surface area contributed by atoms with E-state index in [0.29, 0.717) is 21.5 Å². The molecule has 2 aromatic carbocycles. The highest BCUT2D eigenvalue weighted by Gasteiger charge is 2.34. The van der Waals surface area contributed by atoms with Gasteiger partial charge in [-0.1, -0.05) is 15.9 Å². The largest absolute Gasteiger partial charge is 0.478 e. The van der Waals surface area contributed by atoms with Crippen LogP contribution in [0.3, 0.4) is 0 Å². The van der Waals surface area contributed by atoms with E-state index < -0.39 is 17.8 Å². The molecule has 150 valence electrons. The Hall–Kier alpha value is -2.92. The highest BCUT2D eigenvalue weighted by Crippen LogP contribution is 2.30. The summed E-state index contributed by atoms with van der Waals surface area (Å²) in [4.78, 5) is 36.6. The zero-order valence-electron chi connectivity index (χ0n) is 15.1. The van der Waals surface area contributed by atoms with E-state index in [1.165, 1.54) is 17.2 Å². The van der Waals surface area contributed by atoms with Crippen LogP contribution >= 0.6 is 38.5 Å². The molecule has 0 atom stereocenters. The number of carbonyl (C=O) groups is 3. The van der Waals surface area contributed by atoms with Crippen LogP contribution in [0.25, 0.3) is 17.4 Å². The summed E-state index contributed by atoms with van der Waals surface area (Å²) in [6, 6.07) is 15.1. The molecule has 0 unspecified atom stereocenters. The van der Waals surface area contributed by atoms with Gasteiger partial charge in [0.2, 0.25) is 0 Å². The number of nitrogens with zero attached hydrogens (tertiary/aromatic N) is 1. The maximum atomic E-state index is 12.7. The van der Waals surface area contributed by atoms with Crippen molar-refractivity contribution in [3.8, 4) is 11.3 Å². The van der Waals surface area contributed by atoms with Crippen molar-refractivity contribution >= 4 is 68.1 Å². The van der Waals surface area contributed by atoms with Gasteiger partial charge in [0.05, 0.1) is 11.3 Å². The van der Waals surface area contributed by atoms with E-state index in [0.717, 1.165) is 3.57 Å². The Morgan fingerprint density at radius 1 is 1.10 bits per heavy atom. The number of hydrogen-bond donors (Lipinski definition) is 2. The molecule has 0 radical (unpaired) electrons. The lowest BCUT2D eigenvalue weighted by Crippen LogP contribution is -2.35. The highest BCUT2D eigenvalue weighted by atomic mass is 127. The van der Waals surface area contributed by atoms with E-state index in [-0.39, 0.29) is 16.9 Å². The number of amides is 2. The molecule has 3 aromatic rings. The summed E-state index contributed by atoms with van der Waals surface area (Å²) in [7, 11) is 0. The number of rotatable bonds is 4. The van der Waals surface area contributed by atoms with Crippen LogP contribution in [-0.4, -0.2) is 22.9 Å². The molecule has 7 nitrogen and oxygen atoms in total. The van der Waals surface area contributed by atoms with E-state index in [4.69, 9.17) is 4.42 Å². The summed E-state index contributed by atoms with van der Waals surface area (Å²) in [5, 5.41) is 10.6. The fourth-order valence-corrected chi connectivity index (χ4v) is 3.68. The molecule has 0 spiro atoms. The Kier molecular flexibility index (Phi) is 5.48. The molecule has 0 bridgehead atoms. The Morgan fingerprint density at radius 2 is 1.83 bits per heavy atom. The number of furan rings is 1. The number of carboxylic acid groups (broad SMARTS) is 1. The molecular formula is C21H12BrIN2O5. The van der Waals surface area contributed by atoms with E-state index >= 15 is 0 Å². The van der Waals surface area contributed by atoms with Crippen molar-refractivity contribution in [2.45, 2.75) is 0 Å². The molecule has 0 aliphatic carbocycles. The van der Waals surface area contributed by atoms with Crippen molar-refractivity contribution in [2.75, 3.05) is 5.01 Å². The fourth-order valence-electron chi connectivity index (χ4n) is 2.96. The first-order chi connectivity index (χ1) is 14.3. The minimum absolute atomic E-state index is 0.0671. The first-order valence-electron chi connectivity index (χ1n) is 8.59. The van der Waals surface area contributed by atoms with Crippen LogP contribution in [0.5, 0.6) is 0 Å². The molecule has 1 aromatic heterocycles. The van der Waals surface area contributed by atoms with E-state index in [2.05, 4.69) is 43.9 Å². The standard InChI is InChI=1S/C21H12BrIN2O5/c22-11-1-7-15(16(9-11)21(28)29)18-8-6-14(30-18)10-17-19(26)24-25(20(17)27)13-4-2-12(23)3-5-13/h1-10H,(H,24,26)(H,28,29)/b17-10-. The number of carboxylic acids is 1. The molecule has 1 fully saturated rings. The lowest BCUT2D eigenvalue weighted by Gasteiger charge is -2.14. The van der Waals surface area contributed by atoms with Crippen molar-refractivity contribution in [3.63, 3.8) is 0 Å². The van der Waals surface area contributed by atoms with Gasteiger partial charge in [-0.25, -0.2) is 9.80 Å². The number of carbonyl (C=O) groups excluding carboxylic acids is 2. The minimum Gasteiger partial charge on any atom is -0.478 e. The summed E-state index contributed by atoms with van der Waals surface area (Å²) in [6.45, 7) is 0. The van der Waals surface area contributed by atoms with Crippen molar-refractivity contribution in [2.24, 2.45) is 0 Å². The van der Waals surface area contributed by atoms with Gasteiger partial charge in [-0.2, -0.15) is 0 Å². The summed E-state index contributed by atoms with van der Waals surface area (Å²) < 4.78 is 7.34.